The molecule has 1 heterocycles. The number of nitro benzene ring substituents is 1. The van der Waals surface area contributed by atoms with Gasteiger partial charge in [0.15, 0.2) is 0 Å². The number of carbonyl (C=O) groups excluding carboxylic acids is 1. The lowest BCUT2D eigenvalue weighted by atomic mass is 10.1. The summed E-state index contributed by atoms with van der Waals surface area (Å²) < 4.78 is 0. The van der Waals surface area contributed by atoms with Gasteiger partial charge in [0.1, 0.15) is 5.69 Å². The largest absolute Gasteiger partial charge is 0.366 e. The van der Waals surface area contributed by atoms with Crippen LogP contribution in [0.25, 0.3) is 0 Å². The summed E-state index contributed by atoms with van der Waals surface area (Å²) in [5, 5.41) is 14.3. The molecule has 1 aliphatic rings. The summed E-state index contributed by atoms with van der Waals surface area (Å²) >= 11 is 0. The summed E-state index contributed by atoms with van der Waals surface area (Å²) in [4.78, 5) is 25.4. The number of benzene rings is 2. The van der Waals surface area contributed by atoms with Crippen molar-refractivity contribution in [2.24, 2.45) is 0 Å². The van der Waals surface area contributed by atoms with Gasteiger partial charge in [-0.2, -0.15) is 0 Å². The van der Waals surface area contributed by atoms with Crippen LogP contribution in [-0.4, -0.2) is 23.9 Å². The lowest BCUT2D eigenvalue weighted by Gasteiger charge is -2.28. The lowest BCUT2D eigenvalue weighted by molar-refractivity contribution is -0.384. The molecule has 2 aromatic rings. The summed E-state index contributed by atoms with van der Waals surface area (Å²) in [6, 6.07) is 14.3. The van der Waals surface area contributed by atoms with E-state index in [1.807, 2.05) is 35.2 Å². The van der Waals surface area contributed by atoms with E-state index in [1.165, 1.54) is 6.07 Å². The van der Waals surface area contributed by atoms with Gasteiger partial charge >= 0.3 is 0 Å². The summed E-state index contributed by atoms with van der Waals surface area (Å²) in [5.41, 5.74) is 1.89. The minimum absolute atomic E-state index is 0.00531. The monoisotopic (exact) mass is 339 g/mol. The molecule has 6 heteroatoms. The molecule has 1 N–H and O–H groups in total. The Morgan fingerprint density at radius 1 is 1.08 bits per heavy atom. The van der Waals surface area contributed by atoms with E-state index < -0.39 is 4.92 Å². The molecule has 2 aromatic carbocycles. The van der Waals surface area contributed by atoms with Crippen molar-refractivity contribution in [1.82, 2.24) is 5.32 Å². The number of anilines is 1. The molecule has 0 unspecified atom stereocenters. The molecule has 0 atom stereocenters. The second-order valence-electron chi connectivity index (χ2n) is 6.18. The fourth-order valence-electron chi connectivity index (χ4n) is 3.09. The topological polar surface area (TPSA) is 75.5 Å². The average Bonchev–Trinajstić information content (AvgIpc) is 2.67. The van der Waals surface area contributed by atoms with Crippen LogP contribution in [0.15, 0.2) is 48.5 Å². The second-order valence-corrected chi connectivity index (χ2v) is 6.18. The van der Waals surface area contributed by atoms with Crippen LogP contribution in [0.2, 0.25) is 0 Å². The highest BCUT2D eigenvalue weighted by molar-refractivity contribution is 5.95. The zero-order valence-corrected chi connectivity index (χ0v) is 14.0. The van der Waals surface area contributed by atoms with Crippen molar-refractivity contribution in [1.29, 1.82) is 0 Å². The highest BCUT2D eigenvalue weighted by Gasteiger charge is 2.23. The standard InChI is InChI=1S/C19H21N3O3/c23-19(20-14-15-7-3-1-4-8-15)16-9-10-17(18(13-16)22(24)25)21-11-5-2-6-12-21/h1,3-4,7-10,13H,2,5-6,11-12,14H2,(H,20,23). The minimum Gasteiger partial charge on any atom is -0.366 e. The van der Waals surface area contributed by atoms with E-state index in [4.69, 9.17) is 0 Å². The van der Waals surface area contributed by atoms with Gasteiger partial charge in [-0.1, -0.05) is 30.3 Å². The van der Waals surface area contributed by atoms with Crippen LogP contribution in [0.5, 0.6) is 0 Å². The average molecular weight is 339 g/mol. The van der Waals surface area contributed by atoms with Gasteiger partial charge in [-0.15, -0.1) is 0 Å². The molecule has 1 amide bonds. The molecule has 6 nitrogen and oxygen atoms in total. The van der Waals surface area contributed by atoms with Crippen molar-refractivity contribution in [2.75, 3.05) is 18.0 Å². The molecule has 1 saturated heterocycles. The molecular weight excluding hydrogens is 318 g/mol. The molecule has 0 aliphatic carbocycles. The van der Waals surface area contributed by atoms with Crippen molar-refractivity contribution >= 4 is 17.3 Å². The second kappa shape index (κ2) is 7.79. The van der Waals surface area contributed by atoms with E-state index in [-0.39, 0.29) is 11.6 Å². The quantitative estimate of drug-likeness (QED) is 0.668. The van der Waals surface area contributed by atoms with E-state index in [0.29, 0.717) is 17.8 Å². The molecule has 25 heavy (non-hydrogen) atoms. The Bertz CT molecular complexity index is 756. The fraction of sp³-hybridized carbons (Fsp3) is 0.316. The van der Waals surface area contributed by atoms with Crippen molar-refractivity contribution in [3.63, 3.8) is 0 Å². The van der Waals surface area contributed by atoms with E-state index in [1.54, 1.807) is 12.1 Å². The summed E-state index contributed by atoms with van der Waals surface area (Å²) in [5.74, 6) is -0.308. The molecular formula is C19H21N3O3. The number of amides is 1. The fourth-order valence-corrected chi connectivity index (χ4v) is 3.09. The number of nitro groups is 1. The van der Waals surface area contributed by atoms with Gasteiger partial charge in [0.05, 0.1) is 4.92 Å². The number of hydrogen-bond donors (Lipinski definition) is 1. The van der Waals surface area contributed by atoms with Crippen LogP contribution >= 0.6 is 0 Å². The molecule has 0 radical (unpaired) electrons. The molecule has 130 valence electrons. The summed E-state index contributed by atoms with van der Waals surface area (Å²) in [6.45, 7) is 2.03. The highest BCUT2D eigenvalue weighted by atomic mass is 16.6. The number of piperidine rings is 1. The number of nitrogens with one attached hydrogen (secondary N) is 1. The van der Waals surface area contributed by atoms with Crippen molar-refractivity contribution < 1.29 is 9.72 Å². The Kier molecular flexibility index (Phi) is 5.28. The Balaban J connectivity index is 1.76. The minimum atomic E-state index is -0.405. The number of rotatable bonds is 5. The third kappa shape index (κ3) is 4.15. The van der Waals surface area contributed by atoms with E-state index in [0.717, 1.165) is 37.9 Å². The molecule has 1 aliphatic heterocycles. The maximum atomic E-state index is 12.3. The van der Waals surface area contributed by atoms with Crippen LogP contribution in [0, 0.1) is 10.1 Å². The molecule has 1 fully saturated rings. The number of carbonyl (C=O) groups is 1. The van der Waals surface area contributed by atoms with E-state index >= 15 is 0 Å². The van der Waals surface area contributed by atoms with Gasteiger partial charge < -0.3 is 10.2 Å². The zero-order chi connectivity index (χ0) is 17.6. The van der Waals surface area contributed by atoms with E-state index in [9.17, 15) is 14.9 Å². The predicted octanol–water partition coefficient (Wildman–Crippen LogP) is 3.52. The van der Waals surface area contributed by atoms with Crippen molar-refractivity contribution in [3.05, 3.63) is 69.8 Å². The molecule has 3 rings (SSSR count). The Morgan fingerprint density at radius 2 is 1.80 bits per heavy atom. The smallest absolute Gasteiger partial charge is 0.293 e. The third-order valence-corrected chi connectivity index (χ3v) is 4.43. The Morgan fingerprint density at radius 3 is 2.48 bits per heavy atom. The third-order valence-electron chi connectivity index (χ3n) is 4.43. The van der Waals surface area contributed by atoms with Crippen LogP contribution in [-0.2, 0) is 6.54 Å². The first-order valence-corrected chi connectivity index (χ1v) is 8.50. The lowest BCUT2D eigenvalue weighted by Crippen LogP contribution is -2.30. The van der Waals surface area contributed by atoms with Crippen molar-refractivity contribution in [2.45, 2.75) is 25.8 Å². The first-order chi connectivity index (χ1) is 12.1. The summed E-state index contributed by atoms with van der Waals surface area (Å²) in [7, 11) is 0. The normalized spacial score (nSPS) is 14.2. The van der Waals surface area contributed by atoms with Gasteiger partial charge in [-0.3, -0.25) is 14.9 Å². The van der Waals surface area contributed by atoms with E-state index in [2.05, 4.69) is 5.32 Å². The highest BCUT2D eigenvalue weighted by Crippen LogP contribution is 2.31. The van der Waals surface area contributed by atoms with Gasteiger partial charge in [0.25, 0.3) is 11.6 Å². The van der Waals surface area contributed by atoms with Gasteiger partial charge in [-0.05, 0) is 37.0 Å². The van der Waals surface area contributed by atoms with Gasteiger partial charge in [-0.25, -0.2) is 0 Å². The van der Waals surface area contributed by atoms with Gasteiger partial charge in [0, 0.05) is 31.3 Å². The summed E-state index contributed by atoms with van der Waals surface area (Å²) in [6.07, 6.45) is 3.23. The molecule has 0 saturated carbocycles. The molecule has 0 bridgehead atoms. The van der Waals surface area contributed by atoms with Crippen molar-refractivity contribution in [3.8, 4) is 0 Å². The van der Waals surface area contributed by atoms with Crippen LogP contribution < -0.4 is 10.2 Å². The molecule has 0 aromatic heterocycles. The van der Waals surface area contributed by atoms with Crippen LogP contribution in [0.3, 0.4) is 0 Å². The Labute approximate surface area is 146 Å². The maximum absolute atomic E-state index is 12.3. The van der Waals surface area contributed by atoms with Gasteiger partial charge in [0.2, 0.25) is 0 Å². The van der Waals surface area contributed by atoms with Crippen LogP contribution in [0.1, 0.15) is 35.2 Å². The predicted molar refractivity (Wildman–Crippen MR) is 96.8 cm³/mol. The zero-order valence-electron chi connectivity index (χ0n) is 14.0. The Hall–Kier alpha value is -2.89. The number of nitrogens with zero attached hydrogens (tertiary/aromatic N) is 2. The van der Waals surface area contributed by atoms with Crippen LogP contribution in [0.4, 0.5) is 11.4 Å². The first-order valence-electron chi connectivity index (χ1n) is 8.50. The SMILES string of the molecule is O=C(NCc1ccccc1)c1ccc(N2CCCCC2)c([N+](=O)[O-])c1. The maximum Gasteiger partial charge on any atom is 0.293 e. The first kappa shape index (κ1) is 17.0. The number of hydrogen-bond acceptors (Lipinski definition) is 4. The molecule has 0 spiro atoms.